The lowest BCUT2D eigenvalue weighted by molar-refractivity contribution is -0.141. The third-order valence-corrected chi connectivity index (χ3v) is 5.50. The van der Waals surface area contributed by atoms with E-state index < -0.39 is 11.9 Å². The number of piperidine rings is 1. The Morgan fingerprint density at radius 1 is 1.12 bits per heavy atom. The van der Waals surface area contributed by atoms with Gasteiger partial charge in [-0.3, -0.25) is 4.79 Å². The summed E-state index contributed by atoms with van der Waals surface area (Å²) in [6, 6.07) is 1.14. The summed E-state index contributed by atoms with van der Waals surface area (Å²) in [5.74, 6) is 0.655. The molecule has 0 radical (unpaired) electrons. The van der Waals surface area contributed by atoms with Gasteiger partial charge < -0.3 is 9.80 Å². The molecule has 0 spiro atoms. The number of halogens is 3. The van der Waals surface area contributed by atoms with Crippen molar-refractivity contribution in [1.29, 1.82) is 0 Å². The Bertz CT molecular complexity index is 629. The van der Waals surface area contributed by atoms with E-state index in [2.05, 4.69) is 9.97 Å². The molecule has 2 aliphatic heterocycles. The fourth-order valence-electron chi connectivity index (χ4n) is 4.16. The van der Waals surface area contributed by atoms with Crippen molar-refractivity contribution < 1.29 is 18.0 Å². The van der Waals surface area contributed by atoms with Gasteiger partial charge in [0.2, 0.25) is 11.9 Å². The molecule has 0 aliphatic carbocycles. The molecule has 3 heterocycles. The standard InChI is InChI=1S/C18H25F3N4O/c1-13(26)25-10-4-2-3-5-15(25)14-7-11-24(12-8-14)17-22-9-6-16(23-17)18(19,20)21/h6,9,14-15H,2-5,7-8,10-12H2,1H3/t15-/m1/s1. The zero-order chi connectivity index (χ0) is 18.7. The highest BCUT2D eigenvalue weighted by Gasteiger charge is 2.35. The molecule has 0 N–H and O–H groups in total. The number of alkyl halides is 3. The maximum absolute atomic E-state index is 12.9. The van der Waals surface area contributed by atoms with Crippen molar-refractivity contribution in [3.05, 3.63) is 18.0 Å². The molecule has 5 nitrogen and oxygen atoms in total. The summed E-state index contributed by atoms with van der Waals surface area (Å²) in [4.78, 5) is 23.6. The van der Waals surface area contributed by atoms with Crippen molar-refractivity contribution in [3.8, 4) is 0 Å². The minimum atomic E-state index is -4.46. The number of aromatic nitrogens is 2. The van der Waals surface area contributed by atoms with E-state index >= 15 is 0 Å². The van der Waals surface area contributed by atoms with Crippen LogP contribution >= 0.6 is 0 Å². The van der Waals surface area contributed by atoms with E-state index in [1.54, 1.807) is 6.92 Å². The molecule has 1 atom stereocenters. The molecule has 0 saturated carbocycles. The number of nitrogens with zero attached hydrogens (tertiary/aromatic N) is 4. The zero-order valence-electron chi connectivity index (χ0n) is 15.0. The van der Waals surface area contributed by atoms with E-state index in [1.165, 1.54) is 6.20 Å². The number of carbonyl (C=O) groups is 1. The van der Waals surface area contributed by atoms with Gasteiger partial charge in [0, 0.05) is 38.8 Å². The van der Waals surface area contributed by atoms with Crippen molar-refractivity contribution in [2.75, 3.05) is 24.5 Å². The lowest BCUT2D eigenvalue weighted by Gasteiger charge is -2.40. The molecular formula is C18H25F3N4O. The van der Waals surface area contributed by atoms with Crippen LogP contribution in [-0.2, 0) is 11.0 Å². The van der Waals surface area contributed by atoms with Gasteiger partial charge in [0.15, 0.2) is 0 Å². The average Bonchev–Trinajstić information content (AvgIpc) is 2.87. The molecule has 26 heavy (non-hydrogen) atoms. The number of likely N-dealkylation sites (tertiary alicyclic amines) is 1. The van der Waals surface area contributed by atoms with Crippen molar-refractivity contribution in [2.24, 2.45) is 5.92 Å². The minimum absolute atomic E-state index is 0.126. The summed E-state index contributed by atoms with van der Waals surface area (Å²) < 4.78 is 38.6. The van der Waals surface area contributed by atoms with Gasteiger partial charge in [0.05, 0.1) is 0 Å². The summed E-state index contributed by atoms with van der Waals surface area (Å²) in [6.07, 6.45) is 2.74. The van der Waals surface area contributed by atoms with Gasteiger partial charge in [-0.15, -0.1) is 0 Å². The lowest BCUT2D eigenvalue weighted by atomic mass is 9.86. The first-order valence-electron chi connectivity index (χ1n) is 9.28. The van der Waals surface area contributed by atoms with Crippen molar-refractivity contribution in [2.45, 2.75) is 57.7 Å². The van der Waals surface area contributed by atoms with E-state index in [-0.39, 0.29) is 17.9 Å². The molecule has 0 unspecified atom stereocenters. The second-order valence-corrected chi connectivity index (χ2v) is 7.19. The largest absolute Gasteiger partial charge is 0.433 e. The van der Waals surface area contributed by atoms with Gasteiger partial charge in [-0.25, -0.2) is 9.97 Å². The number of rotatable bonds is 2. The maximum atomic E-state index is 12.9. The van der Waals surface area contributed by atoms with Crippen LogP contribution in [0.25, 0.3) is 0 Å². The third kappa shape index (κ3) is 4.27. The van der Waals surface area contributed by atoms with E-state index in [1.807, 2.05) is 9.80 Å². The highest BCUT2D eigenvalue weighted by molar-refractivity contribution is 5.73. The van der Waals surface area contributed by atoms with Gasteiger partial charge in [-0.1, -0.05) is 12.8 Å². The van der Waals surface area contributed by atoms with Gasteiger partial charge in [-0.2, -0.15) is 13.2 Å². The second-order valence-electron chi connectivity index (χ2n) is 7.19. The average molecular weight is 370 g/mol. The van der Waals surface area contributed by atoms with Crippen LogP contribution in [0.3, 0.4) is 0 Å². The Morgan fingerprint density at radius 2 is 1.85 bits per heavy atom. The first-order valence-corrected chi connectivity index (χ1v) is 9.28. The lowest BCUT2D eigenvalue weighted by Crippen LogP contribution is -2.47. The molecule has 144 valence electrons. The molecule has 0 bridgehead atoms. The van der Waals surface area contributed by atoms with Gasteiger partial charge >= 0.3 is 6.18 Å². The third-order valence-electron chi connectivity index (χ3n) is 5.50. The predicted molar refractivity (Wildman–Crippen MR) is 91.6 cm³/mol. The predicted octanol–water partition coefficient (Wildman–Crippen LogP) is 3.50. The first kappa shape index (κ1) is 18.9. The van der Waals surface area contributed by atoms with E-state index in [0.29, 0.717) is 19.0 Å². The van der Waals surface area contributed by atoms with Crippen LogP contribution in [0.1, 0.15) is 51.1 Å². The van der Waals surface area contributed by atoms with Gasteiger partial charge in [-0.05, 0) is 37.7 Å². The Kier molecular flexibility index (Phi) is 5.67. The Hall–Kier alpha value is -1.86. The SMILES string of the molecule is CC(=O)N1CCCCC[C@@H]1C1CCN(c2nccc(C(F)(F)F)n2)CC1. The topological polar surface area (TPSA) is 49.3 Å². The minimum Gasteiger partial charge on any atom is -0.341 e. The molecule has 0 aromatic carbocycles. The van der Waals surface area contributed by atoms with Crippen LogP contribution in [0.15, 0.2) is 12.3 Å². The summed E-state index contributed by atoms with van der Waals surface area (Å²) in [6.45, 7) is 3.68. The van der Waals surface area contributed by atoms with Gasteiger partial charge in [0.1, 0.15) is 5.69 Å². The quantitative estimate of drug-likeness (QED) is 0.800. The van der Waals surface area contributed by atoms with E-state index in [0.717, 1.165) is 51.1 Å². The molecule has 1 aromatic rings. The first-order chi connectivity index (χ1) is 12.4. The van der Waals surface area contributed by atoms with Crippen LogP contribution in [0, 0.1) is 5.92 Å². The normalized spacial score (nSPS) is 23.0. The van der Waals surface area contributed by atoms with E-state index in [9.17, 15) is 18.0 Å². The highest BCUT2D eigenvalue weighted by atomic mass is 19.4. The number of anilines is 1. The van der Waals surface area contributed by atoms with Gasteiger partial charge in [0.25, 0.3) is 0 Å². The molecule has 2 fully saturated rings. The molecule has 1 amide bonds. The number of amides is 1. The van der Waals surface area contributed by atoms with Crippen LogP contribution < -0.4 is 4.90 Å². The van der Waals surface area contributed by atoms with E-state index in [4.69, 9.17) is 0 Å². The summed E-state index contributed by atoms with van der Waals surface area (Å²) in [5.41, 5.74) is -0.906. The van der Waals surface area contributed by atoms with Crippen LogP contribution in [0.4, 0.5) is 19.1 Å². The Morgan fingerprint density at radius 3 is 2.50 bits per heavy atom. The Balaban J connectivity index is 1.66. The number of hydrogen-bond acceptors (Lipinski definition) is 4. The second kappa shape index (κ2) is 7.80. The fourth-order valence-corrected chi connectivity index (χ4v) is 4.16. The molecule has 2 aliphatic rings. The Labute approximate surface area is 151 Å². The smallest absolute Gasteiger partial charge is 0.341 e. The van der Waals surface area contributed by atoms with Crippen LogP contribution in [0.5, 0.6) is 0 Å². The molecule has 2 saturated heterocycles. The van der Waals surface area contributed by atoms with Crippen molar-refractivity contribution >= 4 is 11.9 Å². The maximum Gasteiger partial charge on any atom is 0.433 e. The summed E-state index contributed by atoms with van der Waals surface area (Å²) >= 11 is 0. The summed E-state index contributed by atoms with van der Waals surface area (Å²) in [5, 5.41) is 0. The van der Waals surface area contributed by atoms with Crippen LogP contribution in [0.2, 0.25) is 0 Å². The fraction of sp³-hybridized carbons (Fsp3) is 0.722. The number of hydrogen-bond donors (Lipinski definition) is 0. The van der Waals surface area contributed by atoms with Crippen LogP contribution in [-0.4, -0.2) is 46.5 Å². The molecular weight excluding hydrogens is 345 g/mol. The molecule has 8 heteroatoms. The monoisotopic (exact) mass is 370 g/mol. The molecule has 1 aromatic heterocycles. The zero-order valence-corrected chi connectivity index (χ0v) is 15.0. The highest BCUT2D eigenvalue weighted by Crippen LogP contribution is 2.32. The molecule has 3 rings (SSSR count). The van der Waals surface area contributed by atoms with Crippen molar-refractivity contribution in [3.63, 3.8) is 0 Å². The number of carbonyl (C=O) groups excluding carboxylic acids is 1. The summed E-state index contributed by atoms with van der Waals surface area (Å²) in [7, 11) is 0. The van der Waals surface area contributed by atoms with Crippen molar-refractivity contribution in [1.82, 2.24) is 14.9 Å².